The smallest absolute Gasteiger partial charge is 0.0577 e. The quantitative estimate of drug-likeness (QED) is 0.686. The van der Waals surface area contributed by atoms with E-state index in [2.05, 4.69) is 65.4 Å². The number of nitrogens with one attached hydrogen (secondary N) is 1. The monoisotopic (exact) mass is 365 g/mol. The van der Waals surface area contributed by atoms with Crippen LogP contribution in [0.3, 0.4) is 0 Å². The summed E-state index contributed by atoms with van der Waals surface area (Å²) in [5, 5.41) is 4.29. The van der Waals surface area contributed by atoms with Crippen molar-refractivity contribution < 1.29 is 0 Å². The molecule has 0 aliphatic rings. The van der Waals surface area contributed by atoms with Gasteiger partial charge in [0.05, 0.1) is 11.1 Å². The Morgan fingerprint density at radius 3 is 2.29 bits per heavy atom. The van der Waals surface area contributed by atoms with Crippen LogP contribution in [-0.2, 0) is 6.42 Å². The molecule has 0 fully saturated rings. The Morgan fingerprint density at radius 1 is 1.05 bits per heavy atom. The van der Waals surface area contributed by atoms with E-state index in [4.69, 9.17) is 11.6 Å². The van der Waals surface area contributed by atoms with Crippen molar-refractivity contribution in [1.82, 2.24) is 5.32 Å². The molecule has 2 aromatic carbocycles. The molecule has 0 aromatic heterocycles. The van der Waals surface area contributed by atoms with E-state index in [0.717, 1.165) is 22.5 Å². The van der Waals surface area contributed by atoms with Crippen LogP contribution < -0.4 is 5.32 Å². The van der Waals surface area contributed by atoms with Crippen LogP contribution in [0.5, 0.6) is 0 Å². The third-order valence-corrected chi connectivity index (χ3v) is 4.77. The summed E-state index contributed by atoms with van der Waals surface area (Å²) in [6.07, 6.45) is 2.31. The van der Waals surface area contributed by atoms with Crippen molar-refractivity contribution in [2.45, 2.75) is 32.7 Å². The minimum absolute atomic E-state index is 0.177. The molecule has 1 unspecified atom stereocenters. The highest BCUT2D eigenvalue weighted by atomic mass is 79.9. The average Bonchev–Trinajstić information content (AvgIpc) is 2.49. The van der Waals surface area contributed by atoms with Crippen molar-refractivity contribution in [3.8, 4) is 0 Å². The number of hydrogen-bond acceptors (Lipinski definition) is 1. The summed E-state index contributed by atoms with van der Waals surface area (Å²) >= 11 is 9.69. The van der Waals surface area contributed by atoms with Gasteiger partial charge in [-0.1, -0.05) is 62.2 Å². The van der Waals surface area contributed by atoms with Crippen LogP contribution in [0.15, 0.2) is 46.9 Å². The van der Waals surface area contributed by atoms with Crippen LogP contribution in [0.4, 0.5) is 0 Å². The normalized spacial score (nSPS) is 12.4. The second-order valence-electron chi connectivity index (χ2n) is 5.16. The van der Waals surface area contributed by atoms with Gasteiger partial charge in [-0.2, -0.15) is 0 Å². The van der Waals surface area contributed by atoms with Crippen LogP contribution in [0.2, 0.25) is 5.02 Å². The maximum absolute atomic E-state index is 6.24. The molecule has 0 aliphatic carbocycles. The van der Waals surface area contributed by atoms with E-state index in [1.54, 1.807) is 0 Å². The lowest BCUT2D eigenvalue weighted by molar-refractivity contribution is 0.630. The zero-order valence-corrected chi connectivity index (χ0v) is 14.8. The third-order valence-electron chi connectivity index (χ3n) is 3.54. The van der Waals surface area contributed by atoms with Gasteiger partial charge in [0.1, 0.15) is 0 Å². The molecule has 0 heterocycles. The van der Waals surface area contributed by atoms with Crippen molar-refractivity contribution in [2.75, 3.05) is 6.54 Å². The van der Waals surface area contributed by atoms with Crippen LogP contribution in [-0.4, -0.2) is 6.54 Å². The van der Waals surface area contributed by atoms with E-state index in [1.165, 1.54) is 23.1 Å². The fourth-order valence-corrected chi connectivity index (χ4v) is 2.93. The molecule has 0 amide bonds. The Morgan fingerprint density at radius 2 is 1.71 bits per heavy atom. The van der Waals surface area contributed by atoms with E-state index in [0.29, 0.717) is 0 Å². The van der Waals surface area contributed by atoms with Gasteiger partial charge >= 0.3 is 0 Å². The van der Waals surface area contributed by atoms with Crippen molar-refractivity contribution >= 4 is 27.5 Å². The maximum Gasteiger partial charge on any atom is 0.0577 e. The Balaban J connectivity index is 2.31. The minimum Gasteiger partial charge on any atom is -0.307 e. The van der Waals surface area contributed by atoms with Gasteiger partial charge in [0.2, 0.25) is 0 Å². The zero-order chi connectivity index (χ0) is 15.2. The summed E-state index contributed by atoms with van der Waals surface area (Å²) in [6.45, 7) is 5.24. The highest BCUT2D eigenvalue weighted by Crippen LogP contribution is 2.29. The third kappa shape index (κ3) is 4.32. The largest absolute Gasteiger partial charge is 0.307 e. The molecule has 1 atom stereocenters. The van der Waals surface area contributed by atoms with Crippen molar-refractivity contribution in [3.05, 3.63) is 68.7 Å². The summed E-state index contributed by atoms with van der Waals surface area (Å²) in [6, 6.07) is 15.2. The van der Waals surface area contributed by atoms with E-state index in [9.17, 15) is 0 Å². The van der Waals surface area contributed by atoms with E-state index < -0.39 is 0 Å². The molecule has 2 aromatic rings. The summed E-state index contributed by atoms with van der Waals surface area (Å²) in [7, 11) is 0. The number of hydrogen-bond donors (Lipinski definition) is 1. The molecule has 3 heteroatoms. The number of benzene rings is 2. The molecular formula is C18H21BrClN. The number of rotatable bonds is 6. The highest BCUT2D eigenvalue weighted by Gasteiger charge is 2.14. The molecule has 112 valence electrons. The first-order valence-corrected chi connectivity index (χ1v) is 8.60. The molecule has 1 N–H and O–H groups in total. The van der Waals surface area contributed by atoms with Gasteiger partial charge < -0.3 is 5.32 Å². The standard InChI is InChI=1S/C18H21BrClN/c1-3-5-13-6-8-14(9-7-13)18(21-4-2)15-10-11-16(19)17(20)12-15/h6-12,18,21H,3-5H2,1-2H3. The van der Waals surface area contributed by atoms with Crippen molar-refractivity contribution in [3.63, 3.8) is 0 Å². The van der Waals surface area contributed by atoms with Crippen molar-refractivity contribution in [1.29, 1.82) is 0 Å². The van der Waals surface area contributed by atoms with Gasteiger partial charge in [0.15, 0.2) is 0 Å². The molecule has 1 nitrogen and oxygen atoms in total. The summed E-state index contributed by atoms with van der Waals surface area (Å²) in [5.74, 6) is 0. The Bertz CT molecular complexity index is 580. The predicted octanol–water partition coefficient (Wildman–Crippen LogP) is 5.75. The van der Waals surface area contributed by atoms with Gasteiger partial charge in [-0.15, -0.1) is 0 Å². The van der Waals surface area contributed by atoms with Gasteiger partial charge in [-0.25, -0.2) is 0 Å². The van der Waals surface area contributed by atoms with E-state index in [-0.39, 0.29) is 6.04 Å². The molecule has 21 heavy (non-hydrogen) atoms. The summed E-state index contributed by atoms with van der Waals surface area (Å²) in [5.41, 5.74) is 3.86. The second kappa shape index (κ2) is 7.98. The highest BCUT2D eigenvalue weighted by molar-refractivity contribution is 9.10. The molecule has 0 bridgehead atoms. The van der Waals surface area contributed by atoms with E-state index >= 15 is 0 Å². The van der Waals surface area contributed by atoms with Gasteiger partial charge in [-0.05, 0) is 57.7 Å². The lowest BCUT2D eigenvalue weighted by atomic mass is 9.97. The Labute approximate surface area is 140 Å². The van der Waals surface area contributed by atoms with Crippen LogP contribution in [0.1, 0.15) is 43.0 Å². The SMILES string of the molecule is CCCc1ccc(C(NCC)c2ccc(Br)c(Cl)c2)cc1. The lowest BCUT2D eigenvalue weighted by Crippen LogP contribution is -2.22. The summed E-state index contributed by atoms with van der Waals surface area (Å²) < 4.78 is 0.932. The minimum atomic E-state index is 0.177. The predicted molar refractivity (Wildman–Crippen MR) is 95.1 cm³/mol. The fraction of sp³-hybridized carbons (Fsp3) is 0.333. The molecular weight excluding hydrogens is 346 g/mol. The average molecular weight is 367 g/mol. The second-order valence-corrected chi connectivity index (χ2v) is 6.42. The first-order chi connectivity index (χ1) is 10.2. The topological polar surface area (TPSA) is 12.0 Å². The lowest BCUT2D eigenvalue weighted by Gasteiger charge is -2.20. The fourth-order valence-electron chi connectivity index (χ4n) is 2.49. The Hall–Kier alpha value is -0.830. The van der Waals surface area contributed by atoms with Gasteiger partial charge in [0.25, 0.3) is 0 Å². The molecule has 0 radical (unpaired) electrons. The van der Waals surface area contributed by atoms with Crippen LogP contribution in [0, 0.1) is 0 Å². The molecule has 0 saturated carbocycles. The Kier molecular flexibility index (Phi) is 6.28. The summed E-state index contributed by atoms with van der Waals surface area (Å²) in [4.78, 5) is 0. The van der Waals surface area contributed by atoms with Crippen LogP contribution in [0.25, 0.3) is 0 Å². The van der Waals surface area contributed by atoms with Gasteiger partial charge in [-0.3, -0.25) is 0 Å². The van der Waals surface area contributed by atoms with Gasteiger partial charge in [0, 0.05) is 4.47 Å². The molecule has 0 spiro atoms. The molecule has 0 aliphatic heterocycles. The molecule has 0 saturated heterocycles. The van der Waals surface area contributed by atoms with Crippen LogP contribution >= 0.6 is 27.5 Å². The zero-order valence-electron chi connectivity index (χ0n) is 12.5. The number of aryl methyl sites for hydroxylation is 1. The van der Waals surface area contributed by atoms with Crippen molar-refractivity contribution in [2.24, 2.45) is 0 Å². The number of halogens is 2. The molecule has 2 rings (SSSR count). The first kappa shape index (κ1) is 16.5. The maximum atomic E-state index is 6.24. The van der Waals surface area contributed by atoms with E-state index in [1.807, 2.05) is 12.1 Å². The first-order valence-electron chi connectivity index (χ1n) is 7.42.